The lowest BCUT2D eigenvalue weighted by Crippen LogP contribution is -2.48. The van der Waals surface area contributed by atoms with E-state index in [1.165, 1.54) is 0 Å². The highest BCUT2D eigenvalue weighted by atomic mass is 28.3. The maximum atomic E-state index is 3.00. The zero-order valence-corrected chi connectivity index (χ0v) is 30.3. The van der Waals surface area contributed by atoms with E-state index in [1.54, 1.807) is 141 Å². The van der Waals surface area contributed by atoms with Crippen LogP contribution in [0.15, 0.2) is 0 Å². The van der Waals surface area contributed by atoms with Crippen LogP contribution in [0.5, 0.6) is 0 Å². The summed E-state index contributed by atoms with van der Waals surface area (Å²) in [6.07, 6.45) is 35.1. The molecule has 8 aliphatic rings. The van der Waals surface area contributed by atoms with E-state index >= 15 is 0 Å². The van der Waals surface area contributed by atoms with E-state index < -0.39 is 8.07 Å². The lowest BCUT2D eigenvalue weighted by molar-refractivity contribution is 0.0115. The Labute approximate surface area is 269 Å². The fourth-order valence-corrected chi connectivity index (χ4v) is 23.8. The van der Waals surface area contributed by atoms with Gasteiger partial charge in [-0.3, -0.25) is 0 Å². The molecule has 0 heterocycles. The van der Waals surface area contributed by atoms with Crippen molar-refractivity contribution in [2.45, 2.75) is 179 Å². The topological polar surface area (TPSA) is 0 Å². The van der Waals surface area contributed by atoms with Gasteiger partial charge in [0.25, 0.3) is 0 Å². The molecule has 0 aliphatic heterocycles. The monoisotopic (exact) mass is 605 g/mol. The second-order valence-corrected chi connectivity index (χ2v) is 24.7. The number of hydrogen-bond donors (Lipinski definition) is 0. The van der Waals surface area contributed by atoms with E-state index in [0.29, 0.717) is 0 Å². The van der Waals surface area contributed by atoms with Crippen LogP contribution in [0.3, 0.4) is 0 Å². The summed E-state index contributed by atoms with van der Waals surface area (Å²) in [4.78, 5) is 0. The lowest BCUT2D eigenvalue weighted by Gasteiger charge is -2.52. The largest absolute Gasteiger partial charge is 0.0689 e. The Morgan fingerprint density at radius 3 is 1.07 bits per heavy atom. The molecular weight excluding hydrogens is 533 g/mol. The molecule has 1 heteroatoms. The van der Waals surface area contributed by atoms with Crippen molar-refractivity contribution < 1.29 is 0 Å². The van der Waals surface area contributed by atoms with Gasteiger partial charge in [-0.05, 0) is 145 Å². The van der Waals surface area contributed by atoms with Crippen molar-refractivity contribution in [3.05, 3.63) is 0 Å². The summed E-state index contributed by atoms with van der Waals surface area (Å²) in [6.45, 7) is 11.6. The average molecular weight is 605 g/mol. The van der Waals surface area contributed by atoms with E-state index in [4.69, 9.17) is 0 Å². The quantitative estimate of drug-likeness (QED) is 0.280. The third-order valence-corrected chi connectivity index (χ3v) is 23.3. The Morgan fingerprint density at radius 2 is 0.628 bits per heavy atom. The van der Waals surface area contributed by atoms with E-state index in [-0.39, 0.29) is 0 Å². The van der Waals surface area contributed by atoms with Gasteiger partial charge in [0, 0.05) is 0 Å². The molecule has 0 aromatic carbocycles. The molecule has 8 fully saturated rings. The van der Waals surface area contributed by atoms with E-state index in [1.807, 2.05) is 0 Å². The third-order valence-electron chi connectivity index (χ3n) is 17.9. The Bertz CT molecular complexity index is 875. The van der Waals surface area contributed by atoms with Crippen molar-refractivity contribution in [2.24, 2.45) is 82.9 Å². The van der Waals surface area contributed by atoms with Gasteiger partial charge in [0.2, 0.25) is 0 Å². The molecule has 244 valence electrons. The van der Waals surface area contributed by atoms with E-state index in [2.05, 4.69) is 26.9 Å². The molecule has 0 aromatic heterocycles. The second-order valence-electron chi connectivity index (χ2n) is 19.8. The summed E-state index contributed by atoms with van der Waals surface area (Å²) in [5.41, 5.74) is 2.27. The van der Waals surface area contributed by atoms with E-state index in [0.717, 1.165) is 93.9 Å². The molecule has 0 saturated heterocycles. The molecular formula is C42H72Si. The summed E-state index contributed by atoms with van der Waals surface area (Å²) >= 11 is 0. The van der Waals surface area contributed by atoms with Crippen LogP contribution in [0.2, 0.25) is 24.2 Å². The highest BCUT2D eigenvalue weighted by Crippen LogP contribution is 2.68. The summed E-state index contributed by atoms with van der Waals surface area (Å²) in [5.74, 6) is 15.5. The summed E-state index contributed by atoms with van der Waals surface area (Å²) in [5, 5.41) is 0. The second kappa shape index (κ2) is 12.3. The maximum Gasteiger partial charge on any atom is 0.0546 e. The smallest absolute Gasteiger partial charge is 0.0546 e. The molecule has 0 bridgehead atoms. The maximum absolute atomic E-state index is 3.00. The minimum Gasteiger partial charge on any atom is -0.0689 e. The van der Waals surface area contributed by atoms with Crippen molar-refractivity contribution in [1.29, 1.82) is 0 Å². The number of rotatable bonds is 4. The van der Waals surface area contributed by atoms with Gasteiger partial charge in [-0.25, -0.2) is 0 Å². The fraction of sp³-hybridized carbons (Fsp3) is 1.00. The van der Waals surface area contributed by atoms with Crippen LogP contribution < -0.4 is 0 Å². The van der Waals surface area contributed by atoms with Crippen molar-refractivity contribution >= 4 is 8.07 Å². The van der Waals surface area contributed by atoms with Gasteiger partial charge in [0.05, 0.1) is 8.07 Å². The minimum atomic E-state index is -1.41. The molecule has 0 spiro atoms. The van der Waals surface area contributed by atoms with Gasteiger partial charge >= 0.3 is 0 Å². The Kier molecular flexibility index (Phi) is 8.77. The molecule has 0 N–H and O–H groups in total. The van der Waals surface area contributed by atoms with Crippen LogP contribution >= 0.6 is 0 Å². The predicted octanol–water partition coefficient (Wildman–Crippen LogP) is 12.8. The van der Waals surface area contributed by atoms with Crippen LogP contribution in [0.1, 0.15) is 155 Å². The average Bonchev–Trinajstić information content (AvgIpc) is 3.56. The van der Waals surface area contributed by atoms with E-state index in [9.17, 15) is 0 Å². The van der Waals surface area contributed by atoms with Crippen molar-refractivity contribution in [2.75, 3.05) is 0 Å². The summed E-state index contributed by atoms with van der Waals surface area (Å²) in [7, 11) is -1.41. The van der Waals surface area contributed by atoms with Crippen molar-refractivity contribution in [3.63, 3.8) is 0 Å². The van der Waals surface area contributed by atoms with Gasteiger partial charge in [-0.15, -0.1) is 0 Å². The molecule has 0 radical (unpaired) electrons. The molecule has 43 heavy (non-hydrogen) atoms. The Balaban J connectivity index is 1.02. The van der Waals surface area contributed by atoms with Crippen LogP contribution in [-0.4, -0.2) is 8.07 Å². The lowest BCUT2D eigenvalue weighted by atomic mass is 9.57. The number of hydrogen-bond acceptors (Lipinski definition) is 0. The molecule has 8 saturated carbocycles. The third kappa shape index (κ3) is 5.23. The molecule has 16 atom stereocenters. The van der Waals surface area contributed by atoms with Crippen LogP contribution in [-0.2, 0) is 0 Å². The molecule has 0 aromatic rings. The molecule has 8 aliphatic carbocycles. The van der Waals surface area contributed by atoms with Gasteiger partial charge in [-0.1, -0.05) is 117 Å². The van der Waals surface area contributed by atoms with Gasteiger partial charge in [0.1, 0.15) is 0 Å². The van der Waals surface area contributed by atoms with Gasteiger partial charge < -0.3 is 0 Å². The van der Waals surface area contributed by atoms with Crippen molar-refractivity contribution in [1.82, 2.24) is 0 Å². The Morgan fingerprint density at radius 1 is 0.326 bits per heavy atom. The fourth-order valence-electron chi connectivity index (χ4n) is 17.2. The Hall–Kier alpha value is 0.217. The predicted molar refractivity (Wildman–Crippen MR) is 187 cm³/mol. The molecule has 8 rings (SSSR count). The first-order valence-electron chi connectivity index (χ1n) is 20.9. The zero-order chi connectivity index (χ0) is 29.3. The highest BCUT2D eigenvalue weighted by molar-refractivity contribution is 6.80. The molecule has 0 nitrogen and oxygen atoms in total. The normalized spacial score (nSPS) is 53.9. The molecule has 16 unspecified atom stereocenters. The van der Waals surface area contributed by atoms with Gasteiger partial charge in [-0.2, -0.15) is 0 Å². The summed E-state index contributed by atoms with van der Waals surface area (Å²) < 4.78 is 0. The van der Waals surface area contributed by atoms with Crippen LogP contribution in [0.25, 0.3) is 0 Å². The van der Waals surface area contributed by atoms with Crippen LogP contribution in [0.4, 0.5) is 0 Å². The SMILES string of the molecule is CC1CC2C(C3CCCC4CCCCC43)CCCC2C1[Si](C)(C)C1C(C)CC2C(C3CCCC4CCCCC43)CCCC21. The summed E-state index contributed by atoms with van der Waals surface area (Å²) in [6, 6.07) is 0. The standard InChI is InChI=1S/C42H72Si/c1-27-25-39-35(33-19-9-15-29-13-5-7-17-31(29)33)21-11-23-37(39)41(27)43(3,4)42-28(2)26-40-36(22-12-24-38(40)42)34-20-10-16-30-14-6-8-18-32(30)34/h27-42H,5-26H2,1-4H3. The number of fused-ring (bicyclic) bond motifs is 4. The first-order chi connectivity index (χ1) is 20.9. The van der Waals surface area contributed by atoms with Crippen LogP contribution in [0, 0.1) is 82.9 Å². The highest BCUT2D eigenvalue weighted by Gasteiger charge is 2.61. The first-order valence-corrected chi connectivity index (χ1v) is 24.1. The first kappa shape index (κ1) is 30.5. The minimum absolute atomic E-state index is 1.02. The zero-order valence-electron chi connectivity index (χ0n) is 29.3. The molecule has 0 amide bonds. The van der Waals surface area contributed by atoms with Crippen molar-refractivity contribution in [3.8, 4) is 0 Å². The van der Waals surface area contributed by atoms with Gasteiger partial charge in [0.15, 0.2) is 0 Å².